The summed E-state index contributed by atoms with van der Waals surface area (Å²) in [5, 5.41) is 15.5. The molecule has 0 radical (unpaired) electrons. The molecule has 3 N–H and O–H groups in total. The average molecular weight is 327 g/mol. The molecule has 2 atom stereocenters. The number of aliphatic hydroxyl groups excluding tert-OH is 1. The number of carbonyl (C=O) groups excluding carboxylic acids is 1. The largest absolute Gasteiger partial charge is 0.417 e. The van der Waals surface area contributed by atoms with Gasteiger partial charge in [-0.1, -0.05) is 6.42 Å². The second kappa shape index (κ2) is 6.27. The van der Waals surface area contributed by atoms with Gasteiger partial charge in [-0.15, -0.1) is 0 Å². The van der Waals surface area contributed by atoms with Gasteiger partial charge in [0.15, 0.2) is 0 Å². The number of carbonyl (C=O) groups is 1. The maximum absolute atomic E-state index is 12.1. The number of ether oxygens (including phenoxy) is 1. The summed E-state index contributed by atoms with van der Waals surface area (Å²) in [6, 6.07) is 2.33. The highest BCUT2D eigenvalue weighted by Gasteiger charge is 2.56. The van der Waals surface area contributed by atoms with Crippen molar-refractivity contribution >= 4 is 6.03 Å². The zero-order valence-corrected chi connectivity index (χ0v) is 12.5. The van der Waals surface area contributed by atoms with E-state index in [1.54, 1.807) is 6.07 Å². The third-order valence-electron chi connectivity index (χ3n) is 4.76. The molecular weight excluding hydrogens is 308 g/mol. The average Bonchev–Trinajstić information content (AvgIpc) is 2.46. The molecule has 1 heterocycles. The summed E-state index contributed by atoms with van der Waals surface area (Å²) < 4.78 is 28.4. The van der Waals surface area contributed by atoms with E-state index in [2.05, 4.69) is 20.4 Å². The molecule has 1 spiro atoms. The Bertz CT molecular complexity index is 581. The summed E-state index contributed by atoms with van der Waals surface area (Å²) in [7, 11) is 0. The Morgan fingerprint density at radius 1 is 1.52 bits per heavy atom. The number of aliphatic hydroxyl groups is 1. The minimum atomic E-state index is -2.94. The molecule has 6 nitrogen and oxygen atoms in total. The molecule has 2 saturated carbocycles. The zero-order valence-electron chi connectivity index (χ0n) is 12.5. The summed E-state index contributed by atoms with van der Waals surface area (Å²) in [4.78, 5) is 15.5. The van der Waals surface area contributed by atoms with Crippen LogP contribution in [0.2, 0.25) is 0 Å². The number of alkyl halides is 2. The van der Waals surface area contributed by atoms with E-state index in [9.17, 15) is 18.7 Å². The van der Waals surface area contributed by atoms with E-state index in [0.717, 1.165) is 25.7 Å². The molecule has 0 aromatic carbocycles. The first-order valence-electron chi connectivity index (χ1n) is 7.61. The van der Waals surface area contributed by atoms with Crippen LogP contribution >= 0.6 is 0 Å². The topological polar surface area (TPSA) is 83.5 Å². The van der Waals surface area contributed by atoms with Crippen LogP contribution in [0, 0.1) is 5.41 Å². The minimum Gasteiger partial charge on any atom is -0.417 e. The van der Waals surface area contributed by atoms with Crippen LogP contribution in [0.4, 0.5) is 13.6 Å². The van der Waals surface area contributed by atoms with Crippen LogP contribution in [0.3, 0.4) is 0 Å². The Kier molecular flexibility index (Phi) is 4.34. The molecule has 126 valence electrons. The van der Waals surface area contributed by atoms with Gasteiger partial charge in [-0.05, 0) is 30.9 Å². The van der Waals surface area contributed by atoms with Crippen molar-refractivity contribution in [2.75, 3.05) is 0 Å². The van der Waals surface area contributed by atoms with E-state index in [1.165, 1.54) is 12.3 Å². The predicted octanol–water partition coefficient (Wildman–Crippen LogP) is 1.79. The molecule has 23 heavy (non-hydrogen) atoms. The zero-order chi connectivity index (χ0) is 16.4. The number of urea groups is 1. The number of rotatable bonds is 5. The number of nitrogens with one attached hydrogen (secondary N) is 2. The maximum Gasteiger partial charge on any atom is 0.388 e. The van der Waals surface area contributed by atoms with Gasteiger partial charge >= 0.3 is 12.6 Å². The lowest BCUT2D eigenvalue weighted by atomic mass is 9.52. The number of pyridine rings is 1. The van der Waals surface area contributed by atoms with Crippen LogP contribution in [0.5, 0.6) is 5.88 Å². The summed E-state index contributed by atoms with van der Waals surface area (Å²) >= 11 is 0. The second-order valence-corrected chi connectivity index (χ2v) is 6.18. The molecule has 0 aliphatic heterocycles. The predicted molar refractivity (Wildman–Crippen MR) is 76.9 cm³/mol. The van der Waals surface area contributed by atoms with E-state index in [4.69, 9.17) is 0 Å². The molecule has 3 rings (SSSR count). The van der Waals surface area contributed by atoms with Gasteiger partial charge in [0.25, 0.3) is 0 Å². The van der Waals surface area contributed by atoms with Crippen LogP contribution in [0.1, 0.15) is 31.2 Å². The van der Waals surface area contributed by atoms with Crippen molar-refractivity contribution in [3.8, 4) is 5.88 Å². The smallest absolute Gasteiger partial charge is 0.388 e. The molecule has 0 saturated heterocycles. The summed E-state index contributed by atoms with van der Waals surface area (Å²) in [5.74, 6) is -0.193. The van der Waals surface area contributed by atoms with Gasteiger partial charge in [0.1, 0.15) is 0 Å². The maximum atomic E-state index is 12.1. The van der Waals surface area contributed by atoms with Crippen LogP contribution in [0.15, 0.2) is 18.3 Å². The highest BCUT2D eigenvalue weighted by Crippen LogP contribution is 2.55. The van der Waals surface area contributed by atoms with E-state index < -0.39 is 18.7 Å². The first-order chi connectivity index (χ1) is 11.0. The molecule has 8 heteroatoms. The van der Waals surface area contributed by atoms with Crippen molar-refractivity contribution in [2.45, 2.75) is 51.0 Å². The Labute approximate surface area is 132 Å². The lowest BCUT2D eigenvalue weighted by molar-refractivity contribution is -0.138. The molecule has 1 aromatic heterocycles. The van der Waals surface area contributed by atoms with E-state index in [0.29, 0.717) is 5.56 Å². The monoisotopic (exact) mass is 327 g/mol. The first kappa shape index (κ1) is 15.9. The van der Waals surface area contributed by atoms with Crippen molar-refractivity contribution in [3.63, 3.8) is 0 Å². The van der Waals surface area contributed by atoms with E-state index in [-0.39, 0.29) is 23.9 Å². The van der Waals surface area contributed by atoms with Gasteiger partial charge in [-0.2, -0.15) is 8.78 Å². The van der Waals surface area contributed by atoms with Crippen molar-refractivity contribution in [2.24, 2.45) is 5.41 Å². The summed E-state index contributed by atoms with van der Waals surface area (Å²) in [6.45, 7) is -2.78. The second-order valence-electron chi connectivity index (χ2n) is 6.18. The number of aromatic nitrogens is 1. The van der Waals surface area contributed by atoms with E-state index >= 15 is 0 Å². The van der Waals surface area contributed by atoms with Crippen molar-refractivity contribution in [3.05, 3.63) is 23.9 Å². The van der Waals surface area contributed by atoms with Crippen LogP contribution in [-0.4, -0.2) is 34.9 Å². The molecule has 2 unspecified atom stereocenters. The summed E-state index contributed by atoms with van der Waals surface area (Å²) in [5.41, 5.74) is 0.625. The Balaban J connectivity index is 1.44. The van der Waals surface area contributed by atoms with E-state index in [1.807, 2.05) is 0 Å². The van der Waals surface area contributed by atoms with Crippen LogP contribution in [0.25, 0.3) is 0 Å². The first-order valence-corrected chi connectivity index (χ1v) is 7.61. The van der Waals surface area contributed by atoms with Gasteiger partial charge in [-0.3, -0.25) is 0 Å². The standard InChI is InChI=1S/C15H19F2N3O3/c16-13(17)23-11-6-9(2-5-18-11)8-19-14(22)20-10-7-15(12(10)21)3-1-4-15/h2,5-6,10,12-13,21H,1,3-4,7-8H2,(H2,19,20,22). The van der Waals surface area contributed by atoms with Gasteiger partial charge in [-0.25, -0.2) is 9.78 Å². The molecule has 1 aromatic rings. The number of nitrogens with zero attached hydrogens (tertiary/aromatic N) is 1. The number of amides is 2. The number of hydrogen-bond donors (Lipinski definition) is 3. The Hall–Kier alpha value is -1.96. The van der Waals surface area contributed by atoms with Gasteiger partial charge in [0.2, 0.25) is 5.88 Å². The van der Waals surface area contributed by atoms with Gasteiger partial charge < -0.3 is 20.5 Å². The van der Waals surface area contributed by atoms with Crippen molar-refractivity contribution in [1.29, 1.82) is 0 Å². The minimum absolute atomic E-state index is 0.0323. The Morgan fingerprint density at radius 3 is 2.91 bits per heavy atom. The Morgan fingerprint density at radius 2 is 2.30 bits per heavy atom. The fourth-order valence-electron chi connectivity index (χ4n) is 3.32. The summed E-state index contributed by atoms with van der Waals surface area (Å²) in [6.07, 6.45) is 4.86. The molecule has 2 aliphatic carbocycles. The molecule has 2 fully saturated rings. The normalized spacial score (nSPS) is 24.7. The molecule has 0 bridgehead atoms. The quantitative estimate of drug-likeness (QED) is 0.770. The molecule has 2 amide bonds. The van der Waals surface area contributed by atoms with Crippen LogP contribution in [-0.2, 0) is 6.54 Å². The number of hydrogen-bond acceptors (Lipinski definition) is 4. The van der Waals surface area contributed by atoms with Gasteiger partial charge in [0.05, 0.1) is 12.1 Å². The van der Waals surface area contributed by atoms with Gasteiger partial charge in [0, 0.05) is 24.2 Å². The lowest BCUT2D eigenvalue weighted by Crippen LogP contribution is -2.66. The van der Waals surface area contributed by atoms with Crippen LogP contribution < -0.4 is 15.4 Å². The fraction of sp³-hybridized carbons (Fsp3) is 0.600. The third-order valence-corrected chi connectivity index (χ3v) is 4.76. The number of halogens is 2. The lowest BCUT2D eigenvalue weighted by Gasteiger charge is -2.58. The SMILES string of the molecule is O=C(NCc1ccnc(OC(F)F)c1)NC1CC2(CCC2)C1O. The molecule has 2 aliphatic rings. The van der Waals surface area contributed by atoms with Crippen molar-refractivity contribution < 1.29 is 23.4 Å². The fourth-order valence-corrected chi connectivity index (χ4v) is 3.32. The van der Waals surface area contributed by atoms with Crippen molar-refractivity contribution in [1.82, 2.24) is 15.6 Å². The third kappa shape index (κ3) is 3.36. The highest BCUT2D eigenvalue weighted by molar-refractivity contribution is 5.74. The highest BCUT2D eigenvalue weighted by atomic mass is 19.3. The molecular formula is C15H19F2N3O3.